The first kappa shape index (κ1) is 15.3. The number of aliphatic hydroxyl groups is 1. The molecule has 1 atom stereocenters. The number of benzene rings is 1. The number of aliphatic hydroxyl groups excluding tert-OH is 1. The highest BCUT2D eigenvalue weighted by atomic mass is 16.3. The summed E-state index contributed by atoms with van der Waals surface area (Å²) in [6, 6.07) is 9.74. The van der Waals surface area contributed by atoms with Gasteiger partial charge >= 0.3 is 0 Å². The Morgan fingerprint density at radius 2 is 2.00 bits per heavy atom. The van der Waals surface area contributed by atoms with E-state index >= 15 is 0 Å². The van der Waals surface area contributed by atoms with Gasteiger partial charge in [-0.25, -0.2) is 4.68 Å². The maximum Gasteiger partial charge on any atom is 0.271 e. The van der Waals surface area contributed by atoms with E-state index in [-0.39, 0.29) is 5.91 Å². The number of amides is 1. The molecule has 0 aliphatic heterocycles. The first-order valence-corrected chi connectivity index (χ1v) is 7.07. The Balaban J connectivity index is 2.11. The zero-order chi connectivity index (χ0) is 15.4. The first-order chi connectivity index (χ1) is 9.97. The molecule has 1 unspecified atom stereocenters. The minimum absolute atomic E-state index is 0.218. The molecule has 0 aliphatic carbocycles. The van der Waals surface area contributed by atoms with Gasteiger partial charge < -0.3 is 10.4 Å². The van der Waals surface area contributed by atoms with E-state index in [0.29, 0.717) is 18.7 Å². The fraction of sp³-hybridized carbons (Fsp3) is 0.375. The average Bonchev–Trinajstić information content (AvgIpc) is 2.81. The Hall–Kier alpha value is -2.14. The molecule has 2 rings (SSSR count). The van der Waals surface area contributed by atoms with E-state index < -0.39 is 6.10 Å². The summed E-state index contributed by atoms with van der Waals surface area (Å²) < 4.78 is 1.75. The van der Waals surface area contributed by atoms with Crippen molar-refractivity contribution < 1.29 is 9.90 Å². The summed E-state index contributed by atoms with van der Waals surface area (Å²) in [5.74, 6) is -0.218. The van der Waals surface area contributed by atoms with Gasteiger partial charge in [0.1, 0.15) is 0 Å². The summed E-state index contributed by atoms with van der Waals surface area (Å²) in [5.41, 5.74) is 3.40. The molecular weight excluding hydrogens is 266 g/mol. The van der Waals surface area contributed by atoms with Crippen LogP contribution in [0.15, 0.2) is 30.3 Å². The fourth-order valence-corrected chi connectivity index (χ4v) is 2.02. The number of hydrogen-bond acceptors (Lipinski definition) is 3. The van der Waals surface area contributed by atoms with Crippen LogP contribution in [0.1, 0.15) is 35.1 Å². The SMILES string of the molecule is Cc1ccc(-n2nc(C(=O)NCCC(C)O)cc2C)cc1. The predicted molar refractivity (Wildman–Crippen MR) is 81.7 cm³/mol. The van der Waals surface area contributed by atoms with Gasteiger partial charge in [-0.2, -0.15) is 5.10 Å². The van der Waals surface area contributed by atoms with Crippen LogP contribution < -0.4 is 5.32 Å². The van der Waals surface area contributed by atoms with Crippen LogP contribution in [0.2, 0.25) is 0 Å². The molecule has 5 heteroatoms. The molecule has 1 heterocycles. The molecule has 2 aromatic rings. The summed E-state index contributed by atoms with van der Waals surface area (Å²) in [4.78, 5) is 12.0. The maximum absolute atomic E-state index is 12.0. The minimum atomic E-state index is -0.419. The second-order valence-electron chi connectivity index (χ2n) is 5.31. The average molecular weight is 287 g/mol. The van der Waals surface area contributed by atoms with E-state index in [9.17, 15) is 9.90 Å². The van der Waals surface area contributed by atoms with Gasteiger partial charge in [0, 0.05) is 12.2 Å². The third-order valence-electron chi connectivity index (χ3n) is 3.25. The second kappa shape index (κ2) is 6.54. The van der Waals surface area contributed by atoms with Crippen LogP contribution in [0.4, 0.5) is 0 Å². The lowest BCUT2D eigenvalue weighted by Crippen LogP contribution is -2.27. The third kappa shape index (κ3) is 3.92. The topological polar surface area (TPSA) is 67.2 Å². The number of aromatic nitrogens is 2. The lowest BCUT2D eigenvalue weighted by Gasteiger charge is -2.05. The number of carbonyl (C=O) groups excluding carboxylic acids is 1. The van der Waals surface area contributed by atoms with Crippen LogP contribution in [0.5, 0.6) is 0 Å². The predicted octanol–water partition coefficient (Wildman–Crippen LogP) is 1.99. The van der Waals surface area contributed by atoms with Crippen molar-refractivity contribution in [2.75, 3.05) is 6.54 Å². The van der Waals surface area contributed by atoms with Crippen LogP contribution >= 0.6 is 0 Å². The number of nitrogens with zero attached hydrogens (tertiary/aromatic N) is 2. The Kier molecular flexibility index (Phi) is 4.75. The molecule has 1 amide bonds. The Morgan fingerprint density at radius 3 is 2.62 bits per heavy atom. The van der Waals surface area contributed by atoms with Gasteiger partial charge in [-0.1, -0.05) is 17.7 Å². The molecule has 0 bridgehead atoms. The molecular formula is C16H21N3O2. The normalized spacial score (nSPS) is 12.2. The number of carbonyl (C=O) groups is 1. The van der Waals surface area contributed by atoms with Gasteiger partial charge in [-0.05, 0) is 45.4 Å². The van der Waals surface area contributed by atoms with E-state index in [1.165, 1.54) is 5.56 Å². The van der Waals surface area contributed by atoms with Crippen LogP contribution in [-0.4, -0.2) is 33.4 Å². The second-order valence-corrected chi connectivity index (χ2v) is 5.31. The van der Waals surface area contributed by atoms with Gasteiger partial charge in [-0.3, -0.25) is 4.79 Å². The molecule has 21 heavy (non-hydrogen) atoms. The van der Waals surface area contributed by atoms with Crippen molar-refractivity contribution in [3.8, 4) is 5.69 Å². The first-order valence-electron chi connectivity index (χ1n) is 7.07. The molecule has 0 spiro atoms. The smallest absolute Gasteiger partial charge is 0.271 e. The van der Waals surface area contributed by atoms with Gasteiger partial charge in [-0.15, -0.1) is 0 Å². The highest BCUT2D eigenvalue weighted by molar-refractivity contribution is 5.92. The molecule has 0 aliphatic rings. The summed E-state index contributed by atoms with van der Waals surface area (Å²) >= 11 is 0. The Bertz CT molecular complexity index is 615. The van der Waals surface area contributed by atoms with Gasteiger partial charge in [0.25, 0.3) is 5.91 Å². The highest BCUT2D eigenvalue weighted by Crippen LogP contribution is 2.13. The molecule has 0 fully saturated rings. The summed E-state index contributed by atoms with van der Waals surface area (Å²) in [6.45, 7) is 6.08. The van der Waals surface area contributed by atoms with Crippen molar-refractivity contribution in [2.45, 2.75) is 33.3 Å². The van der Waals surface area contributed by atoms with E-state index in [4.69, 9.17) is 0 Å². The fourth-order valence-electron chi connectivity index (χ4n) is 2.02. The molecule has 112 valence electrons. The van der Waals surface area contributed by atoms with E-state index in [2.05, 4.69) is 10.4 Å². The number of hydrogen-bond donors (Lipinski definition) is 2. The van der Waals surface area contributed by atoms with Crippen molar-refractivity contribution >= 4 is 5.91 Å². The molecule has 5 nitrogen and oxygen atoms in total. The van der Waals surface area contributed by atoms with Crippen LogP contribution in [0, 0.1) is 13.8 Å². The molecule has 0 saturated carbocycles. The largest absolute Gasteiger partial charge is 0.393 e. The van der Waals surface area contributed by atoms with Crippen molar-refractivity contribution in [3.63, 3.8) is 0 Å². The van der Waals surface area contributed by atoms with Crippen LogP contribution in [0.25, 0.3) is 5.69 Å². The summed E-state index contributed by atoms with van der Waals surface area (Å²) in [5, 5.41) is 16.3. The van der Waals surface area contributed by atoms with Crippen molar-refractivity contribution in [1.82, 2.24) is 15.1 Å². The molecule has 1 aromatic heterocycles. The third-order valence-corrected chi connectivity index (χ3v) is 3.25. The zero-order valence-corrected chi connectivity index (χ0v) is 12.6. The number of nitrogens with one attached hydrogen (secondary N) is 1. The van der Waals surface area contributed by atoms with Crippen LogP contribution in [-0.2, 0) is 0 Å². The summed E-state index contributed by atoms with van der Waals surface area (Å²) in [6.07, 6.45) is 0.112. The van der Waals surface area contributed by atoms with E-state index in [1.54, 1.807) is 17.7 Å². The lowest BCUT2D eigenvalue weighted by atomic mass is 10.2. The Morgan fingerprint density at radius 1 is 1.33 bits per heavy atom. The van der Waals surface area contributed by atoms with Crippen LogP contribution in [0.3, 0.4) is 0 Å². The van der Waals surface area contributed by atoms with Gasteiger partial charge in [0.15, 0.2) is 5.69 Å². The van der Waals surface area contributed by atoms with Gasteiger partial charge in [0.05, 0.1) is 11.8 Å². The molecule has 0 radical (unpaired) electrons. The lowest BCUT2D eigenvalue weighted by molar-refractivity contribution is 0.0940. The van der Waals surface area contributed by atoms with Gasteiger partial charge in [0.2, 0.25) is 0 Å². The van der Waals surface area contributed by atoms with Crippen molar-refractivity contribution in [1.29, 1.82) is 0 Å². The van der Waals surface area contributed by atoms with Crippen molar-refractivity contribution in [3.05, 3.63) is 47.3 Å². The monoisotopic (exact) mass is 287 g/mol. The molecule has 1 aromatic carbocycles. The standard InChI is InChI=1S/C16H21N3O2/c1-11-4-6-14(7-5-11)19-12(2)10-15(18-19)16(21)17-9-8-13(3)20/h4-7,10,13,20H,8-9H2,1-3H3,(H,17,21). The summed E-state index contributed by atoms with van der Waals surface area (Å²) in [7, 11) is 0. The number of aryl methyl sites for hydroxylation is 2. The van der Waals surface area contributed by atoms with Crippen molar-refractivity contribution in [2.24, 2.45) is 0 Å². The van der Waals surface area contributed by atoms with E-state index in [1.807, 2.05) is 38.1 Å². The Labute approximate surface area is 124 Å². The van der Waals surface area contributed by atoms with E-state index in [0.717, 1.165) is 11.4 Å². The minimum Gasteiger partial charge on any atom is -0.393 e. The maximum atomic E-state index is 12.0. The number of rotatable bonds is 5. The molecule has 0 saturated heterocycles. The molecule has 2 N–H and O–H groups in total. The highest BCUT2D eigenvalue weighted by Gasteiger charge is 2.13. The quantitative estimate of drug-likeness (QED) is 0.883. The zero-order valence-electron chi connectivity index (χ0n) is 12.6.